The summed E-state index contributed by atoms with van der Waals surface area (Å²) in [4.78, 5) is 36.5. The first-order chi connectivity index (χ1) is 14.8. The van der Waals surface area contributed by atoms with Gasteiger partial charge in [0.1, 0.15) is 0 Å². The van der Waals surface area contributed by atoms with Gasteiger partial charge in [0, 0.05) is 21.8 Å². The average Bonchev–Trinajstić information content (AvgIpc) is 2.75. The van der Waals surface area contributed by atoms with E-state index in [1.807, 2.05) is 31.2 Å². The summed E-state index contributed by atoms with van der Waals surface area (Å²) in [6.45, 7) is 3.77. The number of nitrogens with one attached hydrogen (secondary N) is 2. The lowest BCUT2D eigenvalue weighted by Crippen LogP contribution is -2.15. The zero-order valence-corrected chi connectivity index (χ0v) is 18.0. The van der Waals surface area contributed by atoms with Crippen LogP contribution in [0.1, 0.15) is 31.8 Å². The summed E-state index contributed by atoms with van der Waals surface area (Å²) in [6, 6.07) is 19.2. The number of anilines is 2. The molecule has 0 aliphatic rings. The van der Waals surface area contributed by atoms with E-state index in [-0.39, 0.29) is 23.1 Å². The van der Waals surface area contributed by atoms with Crippen molar-refractivity contribution < 1.29 is 19.5 Å². The van der Waals surface area contributed by atoms with Crippen LogP contribution in [0, 0.1) is 13.8 Å². The fraction of sp³-hybridized carbons (Fsp3) is 0.125. The van der Waals surface area contributed by atoms with Crippen LogP contribution in [-0.4, -0.2) is 28.6 Å². The van der Waals surface area contributed by atoms with Gasteiger partial charge in [0.15, 0.2) is 0 Å². The van der Waals surface area contributed by atoms with Gasteiger partial charge >= 0.3 is 5.97 Å². The van der Waals surface area contributed by atoms with Crippen molar-refractivity contribution in [1.82, 2.24) is 0 Å². The standard InChI is InChI=1S/C24H22N2O4S/c1-15-3-6-17(7-4-15)23(28)25-19-9-11-20(12-10-19)31-14-22(27)26-21-13-18(24(29)30)8-5-16(21)2/h3-13H,14H2,1-2H3,(H,25,28)(H,26,27)(H,29,30). The van der Waals surface area contributed by atoms with Gasteiger partial charge in [-0.15, -0.1) is 11.8 Å². The molecular weight excluding hydrogens is 412 g/mol. The molecule has 3 aromatic rings. The number of carbonyl (C=O) groups excluding carboxylic acids is 2. The molecule has 31 heavy (non-hydrogen) atoms. The molecule has 3 N–H and O–H groups in total. The van der Waals surface area contributed by atoms with E-state index in [0.717, 1.165) is 16.0 Å². The highest BCUT2D eigenvalue weighted by molar-refractivity contribution is 8.00. The Morgan fingerprint density at radius 1 is 0.839 bits per heavy atom. The van der Waals surface area contributed by atoms with Crippen molar-refractivity contribution in [2.24, 2.45) is 0 Å². The quantitative estimate of drug-likeness (QED) is 0.456. The molecule has 0 saturated carbocycles. The topological polar surface area (TPSA) is 95.5 Å². The van der Waals surface area contributed by atoms with Crippen molar-refractivity contribution in [1.29, 1.82) is 0 Å². The molecule has 6 nitrogen and oxygen atoms in total. The lowest BCUT2D eigenvalue weighted by atomic mass is 10.1. The number of carbonyl (C=O) groups is 3. The van der Waals surface area contributed by atoms with E-state index in [4.69, 9.17) is 5.11 Å². The maximum absolute atomic E-state index is 12.3. The van der Waals surface area contributed by atoms with Gasteiger partial charge in [0.25, 0.3) is 5.91 Å². The third-order valence-electron chi connectivity index (χ3n) is 4.55. The molecule has 0 radical (unpaired) electrons. The Bertz CT molecular complexity index is 1110. The summed E-state index contributed by atoms with van der Waals surface area (Å²) in [5, 5.41) is 14.7. The molecule has 3 aromatic carbocycles. The number of rotatable bonds is 7. The van der Waals surface area contributed by atoms with Crippen molar-refractivity contribution in [2.45, 2.75) is 18.7 Å². The number of carboxylic acids is 1. The summed E-state index contributed by atoms with van der Waals surface area (Å²) in [6.07, 6.45) is 0. The summed E-state index contributed by atoms with van der Waals surface area (Å²) < 4.78 is 0. The molecule has 2 amide bonds. The first-order valence-electron chi connectivity index (χ1n) is 9.56. The highest BCUT2D eigenvalue weighted by Gasteiger charge is 2.10. The molecular formula is C24H22N2O4S. The fourth-order valence-corrected chi connectivity index (χ4v) is 3.47. The smallest absolute Gasteiger partial charge is 0.335 e. The number of benzene rings is 3. The zero-order valence-electron chi connectivity index (χ0n) is 17.1. The van der Waals surface area contributed by atoms with Crippen molar-refractivity contribution in [3.05, 3.63) is 89.0 Å². The van der Waals surface area contributed by atoms with Gasteiger partial charge < -0.3 is 15.7 Å². The number of hydrogen-bond donors (Lipinski definition) is 3. The van der Waals surface area contributed by atoms with Crippen LogP contribution in [0.15, 0.2) is 71.6 Å². The van der Waals surface area contributed by atoms with Crippen LogP contribution in [0.4, 0.5) is 11.4 Å². The van der Waals surface area contributed by atoms with Gasteiger partial charge in [-0.05, 0) is 67.9 Å². The zero-order chi connectivity index (χ0) is 22.4. The molecule has 0 aliphatic carbocycles. The second-order valence-corrected chi connectivity index (χ2v) is 8.06. The van der Waals surface area contributed by atoms with Crippen molar-refractivity contribution in [3.8, 4) is 0 Å². The molecule has 0 atom stereocenters. The van der Waals surface area contributed by atoms with Crippen LogP contribution >= 0.6 is 11.8 Å². The maximum Gasteiger partial charge on any atom is 0.335 e. The largest absolute Gasteiger partial charge is 0.478 e. The third-order valence-corrected chi connectivity index (χ3v) is 5.57. The molecule has 0 saturated heterocycles. The molecule has 0 aromatic heterocycles. The van der Waals surface area contributed by atoms with Crippen molar-refractivity contribution >= 4 is 40.9 Å². The lowest BCUT2D eigenvalue weighted by molar-refractivity contribution is -0.113. The van der Waals surface area contributed by atoms with Crippen LogP contribution in [0.5, 0.6) is 0 Å². The van der Waals surface area contributed by atoms with Gasteiger partial charge in [0.05, 0.1) is 11.3 Å². The monoisotopic (exact) mass is 434 g/mol. The van der Waals surface area contributed by atoms with Gasteiger partial charge in [0.2, 0.25) is 5.91 Å². The minimum absolute atomic E-state index is 0.122. The molecule has 7 heteroatoms. The SMILES string of the molecule is Cc1ccc(C(=O)Nc2ccc(SCC(=O)Nc3cc(C(=O)O)ccc3C)cc2)cc1. The molecule has 3 rings (SSSR count). The van der Waals surface area contributed by atoms with Crippen LogP contribution in [0.2, 0.25) is 0 Å². The Hall–Kier alpha value is -3.58. The number of thioether (sulfide) groups is 1. The number of hydrogen-bond acceptors (Lipinski definition) is 4. The minimum Gasteiger partial charge on any atom is -0.478 e. The Labute approximate surface area is 184 Å². The summed E-state index contributed by atoms with van der Waals surface area (Å²) in [5.41, 5.74) is 3.74. The van der Waals surface area contributed by atoms with Gasteiger partial charge in [-0.2, -0.15) is 0 Å². The number of carboxylic acid groups (broad SMARTS) is 1. The van der Waals surface area contributed by atoms with E-state index in [9.17, 15) is 14.4 Å². The van der Waals surface area contributed by atoms with Gasteiger partial charge in [-0.25, -0.2) is 4.79 Å². The molecule has 0 aliphatic heterocycles. The van der Waals surface area contributed by atoms with E-state index in [1.165, 1.54) is 23.9 Å². The fourth-order valence-electron chi connectivity index (χ4n) is 2.77. The predicted octanol–water partition coefficient (Wildman–Crippen LogP) is 4.98. The highest BCUT2D eigenvalue weighted by atomic mass is 32.2. The van der Waals surface area contributed by atoms with E-state index < -0.39 is 5.97 Å². The highest BCUT2D eigenvalue weighted by Crippen LogP contribution is 2.22. The number of aromatic carboxylic acids is 1. The lowest BCUT2D eigenvalue weighted by Gasteiger charge is -2.10. The van der Waals surface area contributed by atoms with Crippen LogP contribution in [0.25, 0.3) is 0 Å². The number of amides is 2. The van der Waals surface area contributed by atoms with E-state index in [1.54, 1.807) is 37.3 Å². The van der Waals surface area contributed by atoms with E-state index in [0.29, 0.717) is 16.9 Å². The molecule has 0 unspecified atom stereocenters. The summed E-state index contributed by atoms with van der Waals surface area (Å²) in [7, 11) is 0. The summed E-state index contributed by atoms with van der Waals surface area (Å²) in [5.74, 6) is -1.28. The first-order valence-corrected chi connectivity index (χ1v) is 10.5. The van der Waals surface area contributed by atoms with Crippen molar-refractivity contribution in [2.75, 3.05) is 16.4 Å². The number of aryl methyl sites for hydroxylation is 2. The predicted molar refractivity (Wildman–Crippen MR) is 123 cm³/mol. The van der Waals surface area contributed by atoms with Crippen LogP contribution in [-0.2, 0) is 4.79 Å². The molecule has 0 bridgehead atoms. The van der Waals surface area contributed by atoms with E-state index in [2.05, 4.69) is 10.6 Å². The van der Waals surface area contributed by atoms with Crippen LogP contribution < -0.4 is 10.6 Å². The maximum atomic E-state index is 12.3. The van der Waals surface area contributed by atoms with Gasteiger partial charge in [-0.1, -0.05) is 23.8 Å². The second-order valence-electron chi connectivity index (χ2n) is 7.02. The average molecular weight is 435 g/mol. The Balaban J connectivity index is 1.54. The normalized spacial score (nSPS) is 10.4. The minimum atomic E-state index is -1.04. The second kappa shape index (κ2) is 9.95. The Kier molecular flexibility index (Phi) is 7.10. The van der Waals surface area contributed by atoms with Gasteiger partial charge in [-0.3, -0.25) is 9.59 Å². The molecule has 0 spiro atoms. The third kappa shape index (κ3) is 6.20. The summed E-state index contributed by atoms with van der Waals surface area (Å²) >= 11 is 1.35. The van der Waals surface area contributed by atoms with Crippen molar-refractivity contribution in [3.63, 3.8) is 0 Å². The Morgan fingerprint density at radius 3 is 2.13 bits per heavy atom. The molecule has 158 valence electrons. The van der Waals surface area contributed by atoms with Crippen LogP contribution in [0.3, 0.4) is 0 Å². The first kappa shape index (κ1) is 22.1. The van der Waals surface area contributed by atoms with E-state index >= 15 is 0 Å². The molecule has 0 heterocycles. The Morgan fingerprint density at radius 2 is 1.48 bits per heavy atom. The molecule has 0 fully saturated rings.